The lowest BCUT2D eigenvalue weighted by molar-refractivity contribution is -0.137. The van der Waals surface area contributed by atoms with Crippen LogP contribution in [0.15, 0.2) is 54.1 Å². The number of aliphatic hydroxyl groups excluding tert-OH is 1. The summed E-state index contributed by atoms with van der Waals surface area (Å²) in [5, 5.41) is 22.1. The number of piperidine rings is 1. The summed E-state index contributed by atoms with van der Waals surface area (Å²) in [7, 11) is 1.63. The highest BCUT2D eigenvalue weighted by atomic mass is 32.2. The van der Waals surface area contributed by atoms with Gasteiger partial charge in [0.2, 0.25) is 0 Å². The van der Waals surface area contributed by atoms with Crippen molar-refractivity contribution < 1.29 is 19.7 Å². The van der Waals surface area contributed by atoms with Crippen LogP contribution in [-0.4, -0.2) is 68.5 Å². The van der Waals surface area contributed by atoms with E-state index in [1.807, 2.05) is 30.3 Å². The fourth-order valence-electron chi connectivity index (χ4n) is 5.09. The largest absolute Gasteiger partial charge is 0.497 e. The summed E-state index contributed by atoms with van der Waals surface area (Å²) < 4.78 is 5.37. The smallest absolute Gasteiger partial charge is 0.303 e. The summed E-state index contributed by atoms with van der Waals surface area (Å²) in [5.41, 5.74) is 1.69. The van der Waals surface area contributed by atoms with Crippen LogP contribution in [0, 0.1) is 11.8 Å². The minimum absolute atomic E-state index is 0.180. The summed E-state index contributed by atoms with van der Waals surface area (Å²) in [6, 6.07) is 9.40. The average molecular weight is 511 g/mol. The van der Waals surface area contributed by atoms with Crippen LogP contribution in [-0.2, 0) is 4.79 Å². The molecule has 0 saturated carbocycles. The summed E-state index contributed by atoms with van der Waals surface area (Å²) in [6.07, 6.45) is 7.98. The number of hydrogen-bond acceptors (Lipinski definition) is 8. The Bertz CT molecular complexity index is 1130. The van der Waals surface area contributed by atoms with Crippen molar-refractivity contribution in [3.8, 4) is 5.75 Å². The Morgan fingerprint density at radius 2 is 2.00 bits per heavy atom. The lowest BCUT2D eigenvalue weighted by atomic mass is 9.79. The van der Waals surface area contributed by atoms with E-state index >= 15 is 0 Å². The zero-order valence-electron chi connectivity index (χ0n) is 20.6. The molecule has 0 radical (unpaired) electrons. The fraction of sp³-hybridized carbons (Fsp3) is 0.481. The second kappa shape index (κ2) is 13.0. The number of pyridine rings is 1. The van der Waals surface area contributed by atoms with Crippen molar-refractivity contribution in [3.63, 3.8) is 0 Å². The molecule has 2 aromatic heterocycles. The molecule has 1 saturated heterocycles. The van der Waals surface area contributed by atoms with Gasteiger partial charge in [-0.15, -0.1) is 0 Å². The average Bonchev–Trinajstić information content (AvgIpc) is 2.91. The number of likely N-dealkylation sites (tertiary alicyclic amines) is 1. The summed E-state index contributed by atoms with van der Waals surface area (Å²) >= 11 is 1.64. The van der Waals surface area contributed by atoms with Crippen LogP contribution in [0.4, 0.5) is 0 Å². The van der Waals surface area contributed by atoms with Crippen LogP contribution in [0.2, 0.25) is 0 Å². The van der Waals surface area contributed by atoms with E-state index in [2.05, 4.69) is 19.9 Å². The third-order valence-corrected chi connectivity index (χ3v) is 7.89. The first-order valence-corrected chi connectivity index (χ1v) is 13.5. The number of fused-ring (bicyclic) bond motifs is 1. The number of rotatable bonds is 12. The molecule has 2 N–H and O–H groups in total. The molecule has 0 spiro atoms. The standard InChI is InChI=1S/C27H34N4O4S/c1-35-21-5-6-24-23(17-21)22(9-13-28-24)25(32)7-3-19-10-14-31(18-20(19)4-8-26(33)34)15-16-36-27-29-11-2-12-30-27/h2,5-6,9,11-13,17,19-20,25,32H,3-4,7-8,10,14-16,18H2,1H3,(H,33,34)/t19?,20?,25-/m0/s1. The summed E-state index contributed by atoms with van der Waals surface area (Å²) in [6.45, 7) is 2.79. The van der Waals surface area contributed by atoms with E-state index in [1.165, 1.54) is 0 Å². The first kappa shape index (κ1) is 26.3. The Kier molecular flexibility index (Phi) is 9.49. The molecular weight excluding hydrogens is 476 g/mol. The number of carboxylic acids is 1. The molecule has 1 aromatic carbocycles. The first-order chi connectivity index (χ1) is 17.5. The van der Waals surface area contributed by atoms with Crippen molar-refractivity contribution in [1.82, 2.24) is 19.9 Å². The molecular formula is C27H34N4O4S. The van der Waals surface area contributed by atoms with Crippen molar-refractivity contribution in [1.29, 1.82) is 0 Å². The van der Waals surface area contributed by atoms with Crippen LogP contribution < -0.4 is 4.74 Å². The normalized spacial score (nSPS) is 19.3. The molecule has 1 aliphatic rings. The minimum atomic E-state index is -0.750. The molecule has 192 valence electrons. The van der Waals surface area contributed by atoms with Crippen LogP contribution in [0.1, 0.15) is 43.8 Å². The molecule has 3 aromatic rings. The van der Waals surface area contributed by atoms with Crippen LogP contribution in [0.3, 0.4) is 0 Å². The second-order valence-electron chi connectivity index (χ2n) is 9.30. The van der Waals surface area contributed by atoms with Gasteiger partial charge in [-0.1, -0.05) is 11.8 Å². The fourth-order valence-corrected chi connectivity index (χ4v) is 5.90. The Hall–Kier alpha value is -2.75. The molecule has 3 heterocycles. The highest BCUT2D eigenvalue weighted by molar-refractivity contribution is 7.99. The van der Waals surface area contributed by atoms with Gasteiger partial charge in [0, 0.05) is 49.2 Å². The molecule has 36 heavy (non-hydrogen) atoms. The van der Waals surface area contributed by atoms with Crippen LogP contribution >= 0.6 is 11.8 Å². The van der Waals surface area contributed by atoms with E-state index in [1.54, 1.807) is 37.5 Å². The molecule has 0 aliphatic carbocycles. The predicted octanol–water partition coefficient (Wildman–Crippen LogP) is 4.44. The van der Waals surface area contributed by atoms with Gasteiger partial charge in [0.15, 0.2) is 5.16 Å². The van der Waals surface area contributed by atoms with E-state index in [0.29, 0.717) is 24.7 Å². The van der Waals surface area contributed by atoms with E-state index < -0.39 is 12.1 Å². The number of aliphatic carboxylic acids is 1. The van der Waals surface area contributed by atoms with Crippen molar-refractivity contribution in [2.75, 3.05) is 32.5 Å². The van der Waals surface area contributed by atoms with Gasteiger partial charge in [0.05, 0.1) is 18.7 Å². The van der Waals surface area contributed by atoms with Gasteiger partial charge in [0.25, 0.3) is 0 Å². The highest BCUT2D eigenvalue weighted by Gasteiger charge is 2.30. The summed E-state index contributed by atoms with van der Waals surface area (Å²) in [5.74, 6) is 1.58. The maximum atomic E-state index is 11.3. The van der Waals surface area contributed by atoms with Crippen molar-refractivity contribution >= 4 is 28.6 Å². The van der Waals surface area contributed by atoms with Gasteiger partial charge in [-0.3, -0.25) is 9.78 Å². The molecule has 2 unspecified atom stereocenters. The number of hydrogen-bond donors (Lipinski definition) is 2. The number of carboxylic acid groups (broad SMARTS) is 1. The quantitative estimate of drug-likeness (QED) is 0.270. The predicted molar refractivity (Wildman–Crippen MR) is 140 cm³/mol. The molecule has 4 rings (SSSR count). The molecule has 8 nitrogen and oxygen atoms in total. The molecule has 9 heteroatoms. The van der Waals surface area contributed by atoms with Crippen molar-refractivity contribution in [3.05, 3.63) is 54.5 Å². The molecule has 0 bridgehead atoms. The number of aliphatic hydroxyl groups is 1. The van der Waals surface area contributed by atoms with Gasteiger partial charge >= 0.3 is 5.97 Å². The Balaban J connectivity index is 1.35. The van der Waals surface area contributed by atoms with Crippen molar-refractivity contribution in [2.45, 2.75) is 43.4 Å². The number of benzene rings is 1. The maximum Gasteiger partial charge on any atom is 0.303 e. The minimum Gasteiger partial charge on any atom is -0.497 e. The molecule has 1 fully saturated rings. The van der Waals surface area contributed by atoms with Gasteiger partial charge in [-0.25, -0.2) is 9.97 Å². The van der Waals surface area contributed by atoms with Gasteiger partial charge in [-0.2, -0.15) is 0 Å². The lowest BCUT2D eigenvalue weighted by Crippen LogP contribution is -2.41. The number of methoxy groups -OCH3 is 1. The monoisotopic (exact) mass is 510 g/mol. The number of nitrogens with zero attached hydrogens (tertiary/aromatic N) is 4. The zero-order chi connectivity index (χ0) is 25.3. The molecule has 0 amide bonds. The van der Waals surface area contributed by atoms with Gasteiger partial charge < -0.3 is 19.8 Å². The van der Waals surface area contributed by atoms with Gasteiger partial charge in [0.1, 0.15) is 5.75 Å². The van der Waals surface area contributed by atoms with Crippen LogP contribution in [0.5, 0.6) is 5.75 Å². The van der Waals surface area contributed by atoms with Gasteiger partial charge in [-0.05, 0) is 80.0 Å². The topological polar surface area (TPSA) is 109 Å². The van der Waals surface area contributed by atoms with E-state index in [4.69, 9.17) is 4.74 Å². The van der Waals surface area contributed by atoms with Crippen molar-refractivity contribution in [2.24, 2.45) is 11.8 Å². The molecule has 3 atom stereocenters. The third kappa shape index (κ3) is 7.15. The Labute approximate surface area is 216 Å². The third-order valence-electron chi connectivity index (χ3n) is 7.04. The number of thioether (sulfide) groups is 1. The lowest BCUT2D eigenvalue weighted by Gasteiger charge is -2.39. The Morgan fingerprint density at radius 1 is 1.17 bits per heavy atom. The SMILES string of the molecule is COc1ccc2nccc([C@@H](O)CCC3CCN(CCSc4ncccn4)CC3CCC(=O)O)c2c1. The second-order valence-corrected chi connectivity index (χ2v) is 10.4. The van der Waals surface area contributed by atoms with Crippen LogP contribution in [0.25, 0.3) is 10.9 Å². The number of carbonyl (C=O) groups is 1. The van der Waals surface area contributed by atoms with E-state index in [-0.39, 0.29) is 6.42 Å². The van der Waals surface area contributed by atoms with E-state index in [9.17, 15) is 15.0 Å². The molecule has 1 aliphatic heterocycles. The highest BCUT2D eigenvalue weighted by Crippen LogP contribution is 2.35. The number of ether oxygens (including phenoxy) is 1. The zero-order valence-corrected chi connectivity index (χ0v) is 21.4. The first-order valence-electron chi connectivity index (χ1n) is 12.5. The van der Waals surface area contributed by atoms with E-state index in [0.717, 1.165) is 65.6 Å². The Morgan fingerprint density at radius 3 is 2.78 bits per heavy atom. The maximum absolute atomic E-state index is 11.3. The summed E-state index contributed by atoms with van der Waals surface area (Å²) in [4.78, 5) is 26.7. The number of aromatic nitrogens is 3.